The van der Waals surface area contributed by atoms with E-state index in [0.717, 1.165) is 23.3 Å². The van der Waals surface area contributed by atoms with E-state index in [-0.39, 0.29) is 5.78 Å². The highest BCUT2D eigenvalue weighted by atomic mass is 32.1. The molecule has 0 spiro atoms. The van der Waals surface area contributed by atoms with Gasteiger partial charge in [-0.2, -0.15) is 0 Å². The molecule has 0 unspecified atom stereocenters. The van der Waals surface area contributed by atoms with Gasteiger partial charge in [0, 0.05) is 0 Å². The Kier molecular flexibility index (Phi) is 3.73. The summed E-state index contributed by atoms with van der Waals surface area (Å²) in [5.74, 6) is 0.256. The van der Waals surface area contributed by atoms with Crippen LogP contribution in [0.4, 0.5) is 0 Å². The van der Waals surface area contributed by atoms with Crippen LogP contribution < -0.4 is 0 Å². The van der Waals surface area contributed by atoms with Crippen molar-refractivity contribution in [1.82, 2.24) is 0 Å². The fourth-order valence-corrected chi connectivity index (χ4v) is 2.66. The molecular formula is C13H16OS. The molecule has 0 fully saturated rings. The first-order chi connectivity index (χ1) is 7.38. The van der Waals surface area contributed by atoms with Gasteiger partial charge in [0.15, 0.2) is 5.78 Å². The number of thiophene rings is 1. The fourth-order valence-electron chi connectivity index (χ4n) is 1.96. The summed E-state index contributed by atoms with van der Waals surface area (Å²) in [6, 6.07) is 3.87. The lowest BCUT2D eigenvalue weighted by Gasteiger charge is -2.09. The first-order valence-electron chi connectivity index (χ1n) is 5.65. The molecule has 0 amide bonds. The second kappa shape index (κ2) is 5.26. The maximum Gasteiger partial charge on any atom is 0.198 e. The number of hydrogen-bond donors (Lipinski definition) is 0. The zero-order valence-corrected chi connectivity index (χ0v) is 9.69. The van der Waals surface area contributed by atoms with Crippen molar-refractivity contribution < 1.29 is 4.79 Å². The molecule has 0 aromatic carbocycles. The molecule has 1 aliphatic rings. The summed E-state index contributed by atoms with van der Waals surface area (Å²) >= 11 is 1.55. The van der Waals surface area contributed by atoms with Crippen LogP contribution in [-0.4, -0.2) is 5.78 Å². The van der Waals surface area contributed by atoms with Gasteiger partial charge in [0.2, 0.25) is 0 Å². The molecule has 0 saturated carbocycles. The van der Waals surface area contributed by atoms with Crippen LogP contribution >= 0.6 is 11.3 Å². The van der Waals surface area contributed by atoms with Gasteiger partial charge < -0.3 is 0 Å². The number of ketones is 1. The van der Waals surface area contributed by atoms with Gasteiger partial charge in [0.1, 0.15) is 0 Å². The Morgan fingerprint density at radius 1 is 1.20 bits per heavy atom. The molecule has 0 bridgehead atoms. The lowest BCUT2D eigenvalue weighted by Crippen LogP contribution is -2.03. The molecular weight excluding hydrogens is 204 g/mol. The Hall–Kier alpha value is -0.890. The molecule has 1 aromatic rings. The van der Waals surface area contributed by atoms with Crippen molar-refractivity contribution in [2.45, 2.75) is 38.5 Å². The summed E-state index contributed by atoms with van der Waals surface area (Å²) in [7, 11) is 0. The van der Waals surface area contributed by atoms with Gasteiger partial charge in [-0.1, -0.05) is 25.0 Å². The summed E-state index contributed by atoms with van der Waals surface area (Å²) in [5, 5.41) is 1.97. The van der Waals surface area contributed by atoms with E-state index in [2.05, 4.69) is 6.08 Å². The normalized spacial score (nSPS) is 21.2. The molecule has 0 aliphatic heterocycles. The minimum absolute atomic E-state index is 0.256. The summed E-state index contributed by atoms with van der Waals surface area (Å²) in [5.41, 5.74) is 1.04. The third-order valence-corrected chi connectivity index (χ3v) is 3.70. The van der Waals surface area contributed by atoms with Crippen LogP contribution in [0.25, 0.3) is 0 Å². The molecule has 0 radical (unpaired) electrons. The van der Waals surface area contributed by atoms with E-state index in [4.69, 9.17) is 0 Å². The van der Waals surface area contributed by atoms with Gasteiger partial charge in [-0.25, -0.2) is 0 Å². The molecule has 1 aromatic heterocycles. The topological polar surface area (TPSA) is 17.1 Å². The maximum atomic E-state index is 12.1. The molecule has 1 heterocycles. The first kappa shape index (κ1) is 10.6. The van der Waals surface area contributed by atoms with Crippen LogP contribution in [-0.2, 0) is 0 Å². The Morgan fingerprint density at radius 3 is 2.87 bits per heavy atom. The minimum Gasteiger partial charge on any atom is -0.288 e. The van der Waals surface area contributed by atoms with E-state index in [0.29, 0.717) is 0 Å². The highest BCUT2D eigenvalue weighted by molar-refractivity contribution is 7.12. The van der Waals surface area contributed by atoms with Crippen molar-refractivity contribution in [3.05, 3.63) is 34.0 Å². The number of allylic oxidation sites excluding steroid dienone is 2. The van der Waals surface area contributed by atoms with E-state index in [9.17, 15) is 4.79 Å². The number of Topliss-reactive ketones (excluding diaryl/α,β-unsaturated/α-hetero) is 1. The van der Waals surface area contributed by atoms with Gasteiger partial charge in [-0.15, -0.1) is 11.3 Å². The zero-order valence-electron chi connectivity index (χ0n) is 8.87. The second-order valence-electron chi connectivity index (χ2n) is 3.99. The lowest BCUT2D eigenvalue weighted by atomic mass is 9.97. The van der Waals surface area contributed by atoms with E-state index >= 15 is 0 Å². The Bertz CT molecular complexity index is 349. The third kappa shape index (κ3) is 2.78. The molecule has 0 atom stereocenters. The Morgan fingerprint density at radius 2 is 2.07 bits per heavy atom. The molecule has 2 rings (SSSR count). The van der Waals surface area contributed by atoms with Crippen LogP contribution in [0.2, 0.25) is 0 Å². The highest BCUT2D eigenvalue weighted by Gasteiger charge is 2.13. The van der Waals surface area contributed by atoms with E-state index in [1.165, 1.54) is 25.7 Å². The van der Waals surface area contributed by atoms with Crippen LogP contribution in [0.1, 0.15) is 48.2 Å². The Labute approximate surface area is 94.8 Å². The van der Waals surface area contributed by atoms with E-state index < -0.39 is 0 Å². The molecule has 1 aliphatic carbocycles. The van der Waals surface area contributed by atoms with Crippen LogP contribution in [0.15, 0.2) is 29.2 Å². The first-order valence-corrected chi connectivity index (χ1v) is 6.53. The molecule has 0 N–H and O–H groups in total. The molecule has 2 heteroatoms. The maximum absolute atomic E-state index is 12.1. The summed E-state index contributed by atoms with van der Waals surface area (Å²) in [6.45, 7) is 0. The van der Waals surface area contributed by atoms with Crippen molar-refractivity contribution in [2.24, 2.45) is 0 Å². The number of rotatable bonds is 2. The van der Waals surface area contributed by atoms with E-state index in [1.54, 1.807) is 11.3 Å². The number of carbonyl (C=O) groups is 1. The average Bonchev–Trinajstić information content (AvgIpc) is 2.68. The van der Waals surface area contributed by atoms with Crippen molar-refractivity contribution in [3.63, 3.8) is 0 Å². The smallest absolute Gasteiger partial charge is 0.198 e. The van der Waals surface area contributed by atoms with Gasteiger partial charge >= 0.3 is 0 Å². The predicted octanol–water partition coefficient (Wildman–Crippen LogP) is 4.21. The summed E-state index contributed by atoms with van der Waals surface area (Å²) < 4.78 is 0. The van der Waals surface area contributed by atoms with Crippen molar-refractivity contribution in [1.29, 1.82) is 0 Å². The van der Waals surface area contributed by atoms with Crippen molar-refractivity contribution >= 4 is 17.1 Å². The van der Waals surface area contributed by atoms with Crippen LogP contribution in [0.5, 0.6) is 0 Å². The fraction of sp³-hybridized carbons (Fsp3) is 0.462. The van der Waals surface area contributed by atoms with Crippen molar-refractivity contribution in [2.75, 3.05) is 0 Å². The van der Waals surface area contributed by atoms with Crippen molar-refractivity contribution in [3.8, 4) is 0 Å². The standard InChI is InChI=1S/C13H16OS/c14-13(12-9-6-10-15-12)11-7-4-2-1-3-5-8-11/h6-7,9-10H,1-5,8H2/b11-7+. The molecule has 0 saturated heterocycles. The monoisotopic (exact) mass is 220 g/mol. The molecule has 15 heavy (non-hydrogen) atoms. The summed E-state index contributed by atoms with van der Waals surface area (Å²) in [4.78, 5) is 13.0. The summed E-state index contributed by atoms with van der Waals surface area (Å²) in [6.07, 6.45) is 9.20. The van der Waals surface area contributed by atoms with Gasteiger partial charge in [-0.05, 0) is 42.7 Å². The lowest BCUT2D eigenvalue weighted by molar-refractivity contribution is 0.103. The number of carbonyl (C=O) groups excluding carboxylic acids is 1. The SMILES string of the molecule is O=C(/C1=C/CCCCCC1)c1cccs1. The van der Waals surface area contributed by atoms with Crippen LogP contribution in [0.3, 0.4) is 0 Å². The zero-order chi connectivity index (χ0) is 10.5. The van der Waals surface area contributed by atoms with Crippen LogP contribution in [0, 0.1) is 0 Å². The third-order valence-electron chi connectivity index (χ3n) is 2.83. The van der Waals surface area contributed by atoms with E-state index in [1.807, 2.05) is 17.5 Å². The average molecular weight is 220 g/mol. The highest BCUT2D eigenvalue weighted by Crippen LogP contribution is 2.22. The van der Waals surface area contributed by atoms with Gasteiger partial charge in [-0.3, -0.25) is 4.79 Å². The molecule has 80 valence electrons. The molecule has 1 nitrogen and oxygen atoms in total. The second-order valence-corrected chi connectivity index (χ2v) is 4.94. The quantitative estimate of drug-likeness (QED) is 0.682. The number of hydrogen-bond acceptors (Lipinski definition) is 2. The minimum atomic E-state index is 0.256. The van der Waals surface area contributed by atoms with Gasteiger partial charge in [0.25, 0.3) is 0 Å². The Balaban J connectivity index is 2.11. The largest absolute Gasteiger partial charge is 0.288 e. The van der Waals surface area contributed by atoms with Gasteiger partial charge in [0.05, 0.1) is 4.88 Å². The predicted molar refractivity (Wildman–Crippen MR) is 64.4 cm³/mol.